The number of nitrogens with one attached hydrogen (secondary N) is 1. The van der Waals surface area contributed by atoms with Crippen molar-refractivity contribution in [3.8, 4) is 0 Å². The van der Waals surface area contributed by atoms with E-state index in [-0.39, 0.29) is 6.42 Å². The largest absolute Gasteiger partial charge is 0.523 e. The van der Waals surface area contributed by atoms with Gasteiger partial charge in [0, 0.05) is 5.75 Å². The van der Waals surface area contributed by atoms with Gasteiger partial charge in [-0.25, -0.2) is 8.98 Å². The molecule has 3 rings (SSSR count). The maximum absolute atomic E-state index is 12.6. The van der Waals surface area contributed by atoms with E-state index >= 15 is 0 Å². The van der Waals surface area contributed by atoms with E-state index in [9.17, 15) is 41.1 Å². The van der Waals surface area contributed by atoms with Gasteiger partial charge in [0.2, 0.25) is 17.4 Å². The van der Waals surface area contributed by atoms with Crippen LogP contribution in [0.3, 0.4) is 0 Å². The van der Waals surface area contributed by atoms with Crippen molar-refractivity contribution in [3.63, 3.8) is 0 Å². The summed E-state index contributed by atoms with van der Waals surface area (Å²) < 4.78 is 64.6. The molecule has 2 aliphatic rings. The number of carbonyl (C=O) groups is 3. The fourth-order valence-electron chi connectivity index (χ4n) is 3.03. The summed E-state index contributed by atoms with van der Waals surface area (Å²) in [6, 6.07) is 7.65. The normalized spacial score (nSPS) is 26.5. The Kier molecular flexibility index (Phi) is 5.77. The fourth-order valence-corrected chi connectivity index (χ4v) is 5.25. The van der Waals surface area contributed by atoms with Gasteiger partial charge in [-0.05, 0) is 5.56 Å². The number of hydrogen-bond acceptors (Lipinski definition) is 7. The third-order valence-electron chi connectivity index (χ3n) is 4.52. The molecule has 0 spiro atoms. The Morgan fingerprint density at radius 3 is 2.50 bits per heavy atom. The van der Waals surface area contributed by atoms with Crippen LogP contribution in [0.5, 0.6) is 0 Å². The Balaban J connectivity index is 1.68. The number of carboxylic acid groups (broad SMARTS) is 1. The van der Waals surface area contributed by atoms with Crippen molar-refractivity contribution in [1.29, 1.82) is 0 Å². The van der Waals surface area contributed by atoms with Crippen LogP contribution in [0.25, 0.3) is 0 Å². The van der Waals surface area contributed by atoms with Crippen molar-refractivity contribution in [1.82, 2.24) is 10.2 Å². The molecule has 1 aromatic carbocycles. The quantitative estimate of drug-likeness (QED) is 0.347. The highest BCUT2D eigenvalue weighted by molar-refractivity contribution is 8.00. The number of aliphatic carboxylic acids is 1. The second-order valence-corrected chi connectivity index (χ2v) is 9.30. The minimum absolute atomic E-state index is 0.00594. The monoisotopic (exact) mass is 468 g/mol. The average Bonchev–Trinajstić information content (AvgIpc) is 2.65. The SMILES string of the molecule is O=C(Cc1ccccc1)N[C@@H]1C(=O)N2CC(OS(=O)(=O)C(F)(F)F)(C(=O)O)CS[C@H]12. The summed E-state index contributed by atoms with van der Waals surface area (Å²) in [6.45, 7) is -0.904. The lowest BCUT2D eigenvalue weighted by atomic mass is 9.99. The van der Waals surface area contributed by atoms with Crippen LogP contribution in [-0.2, 0) is 35.1 Å². The Morgan fingerprint density at radius 2 is 1.93 bits per heavy atom. The molecule has 0 aromatic heterocycles. The van der Waals surface area contributed by atoms with Gasteiger partial charge in [0.25, 0.3) is 0 Å². The van der Waals surface area contributed by atoms with Gasteiger partial charge in [-0.15, -0.1) is 11.8 Å². The van der Waals surface area contributed by atoms with Gasteiger partial charge in [-0.3, -0.25) is 9.59 Å². The molecule has 14 heteroatoms. The first-order chi connectivity index (χ1) is 13.9. The molecule has 2 fully saturated rings. The van der Waals surface area contributed by atoms with Crippen molar-refractivity contribution in [3.05, 3.63) is 35.9 Å². The van der Waals surface area contributed by atoms with Crippen molar-refractivity contribution in [2.45, 2.75) is 28.9 Å². The molecule has 0 aliphatic carbocycles. The number of carbonyl (C=O) groups excluding carboxylic acids is 2. The van der Waals surface area contributed by atoms with E-state index in [1.54, 1.807) is 30.3 Å². The minimum atomic E-state index is -6.20. The number of rotatable bonds is 6. The van der Waals surface area contributed by atoms with Crippen LogP contribution in [-0.4, -0.2) is 71.0 Å². The van der Waals surface area contributed by atoms with E-state index < -0.39 is 62.7 Å². The first kappa shape index (κ1) is 22.4. The molecular weight excluding hydrogens is 453 g/mol. The molecule has 2 aliphatic heterocycles. The number of halogens is 3. The van der Waals surface area contributed by atoms with Gasteiger partial charge >= 0.3 is 21.6 Å². The van der Waals surface area contributed by atoms with E-state index in [0.717, 1.165) is 4.90 Å². The number of benzene rings is 1. The molecule has 1 unspecified atom stereocenters. The molecule has 2 amide bonds. The van der Waals surface area contributed by atoms with Gasteiger partial charge in [0.1, 0.15) is 11.4 Å². The summed E-state index contributed by atoms with van der Waals surface area (Å²) in [6.07, 6.45) is -0.00594. The summed E-state index contributed by atoms with van der Waals surface area (Å²) in [5.41, 5.74) is -7.90. The predicted octanol–water partition coefficient (Wildman–Crippen LogP) is 0.319. The van der Waals surface area contributed by atoms with Crippen LogP contribution in [0.15, 0.2) is 30.3 Å². The van der Waals surface area contributed by atoms with E-state index in [2.05, 4.69) is 9.50 Å². The van der Waals surface area contributed by atoms with Gasteiger partial charge in [-0.1, -0.05) is 30.3 Å². The van der Waals surface area contributed by atoms with E-state index in [1.165, 1.54) is 0 Å². The zero-order chi connectivity index (χ0) is 22.3. The van der Waals surface area contributed by atoms with Gasteiger partial charge in [0.15, 0.2) is 0 Å². The van der Waals surface area contributed by atoms with Crippen molar-refractivity contribution < 1.29 is 45.3 Å². The molecule has 2 N–H and O–H groups in total. The van der Waals surface area contributed by atoms with Crippen LogP contribution in [0.2, 0.25) is 0 Å². The fraction of sp³-hybridized carbons (Fsp3) is 0.438. The molecule has 0 bridgehead atoms. The van der Waals surface area contributed by atoms with Gasteiger partial charge < -0.3 is 15.3 Å². The van der Waals surface area contributed by atoms with Gasteiger partial charge in [0.05, 0.1) is 13.0 Å². The highest BCUT2D eigenvalue weighted by Crippen LogP contribution is 2.42. The molecular formula is C16H15F3N2O7S2. The molecule has 164 valence electrons. The maximum atomic E-state index is 12.6. The summed E-state index contributed by atoms with van der Waals surface area (Å²) in [7, 11) is -6.20. The second-order valence-electron chi connectivity index (χ2n) is 6.66. The Hall–Kier alpha value is -2.32. The lowest BCUT2D eigenvalue weighted by Crippen LogP contribution is -2.75. The van der Waals surface area contributed by atoms with Crippen LogP contribution in [0.4, 0.5) is 13.2 Å². The molecule has 0 saturated carbocycles. The minimum Gasteiger partial charge on any atom is -0.479 e. The lowest BCUT2D eigenvalue weighted by Gasteiger charge is -2.53. The molecule has 2 heterocycles. The first-order valence-electron chi connectivity index (χ1n) is 8.37. The summed E-state index contributed by atoms with van der Waals surface area (Å²) in [5, 5.41) is 11.1. The Morgan fingerprint density at radius 1 is 1.30 bits per heavy atom. The summed E-state index contributed by atoms with van der Waals surface area (Å²) >= 11 is 0.712. The number of nitrogens with zero attached hydrogens (tertiary/aromatic N) is 1. The number of carboxylic acids is 1. The van der Waals surface area contributed by atoms with Gasteiger partial charge in [-0.2, -0.15) is 21.6 Å². The number of alkyl halides is 3. The lowest BCUT2D eigenvalue weighted by molar-refractivity contribution is -0.165. The maximum Gasteiger partial charge on any atom is 0.523 e. The number of hydrogen-bond donors (Lipinski definition) is 2. The zero-order valence-electron chi connectivity index (χ0n) is 15.0. The summed E-state index contributed by atoms with van der Waals surface area (Å²) in [5.74, 6) is -3.83. The zero-order valence-corrected chi connectivity index (χ0v) is 16.6. The van der Waals surface area contributed by atoms with E-state index in [1.807, 2.05) is 0 Å². The van der Waals surface area contributed by atoms with Crippen LogP contribution >= 0.6 is 11.8 Å². The van der Waals surface area contributed by atoms with Crippen molar-refractivity contribution in [2.75, 3.05) is 12.3 Å². The smallest absolute Gasteiger partial charge is 0.479 e. The molecule has 1 aromatic rings. The number of thioether (sulfide) groups is 1. The van der Waals surface area contributed by atoms with Crippen LogP contribution in [0.1, 0.15) is 5.56 Å². The molecule has 9 nitrogen and oxygen atoms in total. The van der Waals surface area contributed by atoms with Crippen LogP contribution < -0.4 is 5.32 Å². The standard InChI is InChI=1S/C16H15F3N2O7S2/c17-16(18,19)30(26,27)28-15(14(24)25)7-21-12(23)11(13(21)29-8-15)20-10(22)6-9-4-2-1-3-5-9/h1-5,11,13H,6-8H2,(H,20,22)(H,24,25)/t11-,13-,15?/m1/s1. The highest BCUT2D eigenvalue weighted by Gasteiger charge is 2.62. The molecule has 0 radical (unpaired) electrons. The summed E-state index contributed by atoms with van der Waals surface area (Å²) in [4.78, 5) is 36.9. The van der Waals surface area contributed by atoms with Crippen molar-refractivity contribution in [2.24, 2.45) is 0 Å². The van der Waals surface area contributed by atoms with E-state index in [4.69, 9.17) is 0 Å². The topological polar surface area (TPSA) is 130 Å². The van der Waals surface area contributed by atoms with E-state index in [0.29, 0.717) is 17.3 Å². The first-order valence-corrected chi connectivity index (χ1v) is 10.8. The highest BCUT2D eigenvalue weighted by atomic mass is 32.2. The number of fused-ring (bicyclic) bond motifs is 1. The number of amides is 2. The average molecular weight is 468 g/mol. The third kappa shape index (κ3) is 4.11. The van der Waals surface area contributed by atoms with Crippen LogP contribution in [0, 0.1) is 0 Å². The third-order valence-corrected chi connectivity index (χ3v) is 7.13. The number of β-lactam (4-membered cyclic amide) rings is 1. The molecule has 30 heavy (non-hydrogen) atoms. The Labute approximate surface area is 172 Å². The molecule has 2 saturated heterocycles. The predicted molar refractivity (Wildman–Crippen MR) is 96.5 cm³/mol. The second kappa shape index (κ2) is 7.74. The Bertz CT molecular complexity index is 971. The molecule has 3 atom stereocenters. The van der Waals surface area contributed by atoms with Crippen molar-refractivity contribution >= 4 is 39.7 Å².